The molecule has 4 aromatic heterocycles. The van der Waals surface area contributed by atoms with Gasteiger partial charge in [0.25, 0.3) is 0 Å². The highest BCUT2D eigenvalue weighted by atomic mass is 35.5. The van der Waals surface area contributed by atoms with Crippen molar-refractivity contribution in [3.8, 4) is 22.9 Å². The Morgan fingerprint density at radius 1 is 1.16 bits per heavy atom. The predicted octanol–water partition coefficient (Wildman–Crippen LogP) is 5.21. The van der Waals surface area contributed by atoms with E-state index in [1.807, 2.05) is 31.3 Å². The Morgan fingerprint density at radius 3 is 2.67 bits per heavy atom. The molecule has 11 heteroatoms. The number of piperazine rings is 1. The van der Waals surface area contributed by atoms with Crippen LogP contribution in [0.3, 0.4) is 0 Å². The number of pyridine rings is 3. The summed E-state index contributed by atoms with van der Waals surface area (Å²) in [5, 5.41) is 14.5. The number of aromatic nitrogens is 4. The zero-order valence-corrected chi connectivity index (χ0v) is 26.9. The molecule has 234 valence electrons. The van der Waals surface area contributed by atoms with E-state index >= 15 is 0 Å². The Labute approximate surface area is 269 Å². The lowest BCUT2D eigenvalue weighted by molar-refractivity contribution is 0.0459. The fourth-order valence-corrected chi connectivity index (χ4v) is 6.96. The van der Waals surface area contributed by atoms with Crippen molar-refractivity contribution < 1.29 is 9.53 Å². The lowest BCUT2D eigenvalue weighted by Gasteiger charge is -2.47. The third kappa shape index (κ3) is 6.52. The third-order valence-electron chi connectivity index (χ3n) is 9.39. The van der Waals surface area contributed by atoms with Crippen LogP contribution in [0.2, 0.25) is 5.02 Å². The molecule has 0 spiro atoms. The summed E-state index contributed by atoms with van der Waals surface area (Å²) in [5.74, 6) is 1.59. The van der Waals surface area contributed by atoms with Gasteiger partial charge in [0.05, 0.1) is 35.1 Å². The van der Waals surface area contributed by atoms with Crippen LogP contribution in [0.5, 0.6) is 5.75 Å². The highest BCUT2D eigenvalue weighted by Crippen LogP contribution is 2.39. The molecule has 0 unspecified atom stereocenters. The van der Waals surface area contributed by atoms with E-state index in [2.05, 4.69) is 44.8 Å². The average Bonchev–Trinajstić information content (AvgIpc) is 3.46. The van der Waals surface area contributed by atoms with E-state index in [1.54, 1.807) is 35.2 Å². The Hall–Kier alpha value is -4.04. The van der Waals surface area contributed by atoms with E-state index in [1.165, 1.54) is 0 Å². The SMILES string of the molecule is CCOc1cc(-c2ccc(N3CCC(CC(=O)c4ncccc4Cl)(CN4CCN(C)[C@@H](C)C4)CC3)nc2)c2c(C#N)cnn2c1. The number of likely N-dealkylation sites (N-methyl/N-ethyl adjacent to an activating group) is 1. The summed E-state index contributed by atoms with van der Waals surface area (Å²) >= 11 is 6.39. The molecular formula is C34H39ClN8O2. The van der Waals surface area contributed by atoms with Gasteiger partial charge in [0.2, 0.25) is 0 Å². The van der Waals surface area contributed by atoms with E-state index in [4.69, 9.17) is 21.3 Å². The molecule has 0 amide bonds. The van der Waals surface area contributed by atoms with Crippen LogP contribution < -0.4 is 9.64 Å². The number of Topliss-reactive ketones (excluding diaryl/α,β-unsaturated/α-hetero) is 1. The summed E-state index contributed by atoms with van der Waals surface area (Å²) in [4.78, 5) is 30.0. The predicted molar refractivity (Wildman–Crippen MR) is 175 cm³/mol. The van der Waals surface area contributed by atoms with E-state index in [0.29, 0.717) is 41.1 Å². The van der Waals surface area contributed by atoms with Crippen molar-refractivity contribution in [3.05, 3.63) is 71.4 Å². The molecule has 6 heterocycles. The van der Waals surface area contributed by atoms with Gasteiger partial charge >= 0.3 is 0 Å². The lowest BCUT2D eigenvalue weighted by Crippen LogP contribution is -2.55. The fraction of sp³-hybridized carbons (Fsp3) is 0.441. The largest absolute Gasteiger partial charge is 0.492 e. The second-order valence-electron chi connectivity index (χ2n) is 12.4. The highest BCUT2D eigenvalue weighted by molar-refractivity contribution is 6.33. The number of ketones is 1. The van der Waals surface area contributed by atoms with Crippen LogP contribution >= 0.6 is 11.6 Å². The highest BCUT2D eigenvalue weighted by Gasteiger charge is 2.40. The number of hydrogen-bond donors (Lipinski definition) is 0. The number of ether oxygens (including phenoxy) is 1. The molecule has 2 aliphatic heterocycles. The normalized spacial score (nSPS) is 19.0. The summed E-state index contributed by atoms with van der Waals surface area (Å²) < 4.78 is 7.46. The van der Waals surface area contributed by atoms with Gasteiger partial charge in [0.1, 0.15) is 23.3 Å². The Morgan fingerprint density at radius 2 is 1.98 bits per heavy atom. The summed E-state index contributed by atoms with van der Waals surface area (Å²) in [5.41, 5.74) is 3.15. The molecule has 0 N–H and O–H groups in total. The minimum absolute atomic E-state index is 0.0101. The van der Waals surface area contributed by atoms with Gasteiger partial charge in [-0.15, -0.1) is 0 Å². The van der Waals surface area contributed by atoms with Crippen molar-refractivity contribution in [2.45, 2.75) is 39.2 Å². The van der Waals surface area contributed by atoms with E-state index in [0.717, 1.165) is 74.6 Å². The minimum atomic E-state index is -0.176. The zero-order valence-electron chi connectivity index (χ0n) is 26.1. The molecule has 0 aliphatic carbocycles. The quantitative estimate of drug-likeness (QED) is 0.232. The van der Waals surface area contributed by atoms with Crippen molar-refractivity contribution in [3.63, 3.8) is 0 Å². The molecule has 0 saturated carbocycles. The number of hydrogen-bond acceptors (Lipinski definition) is 9. The third-order valence-corrected chi connectivity index (χ3v) is 9.69. The summed E-state index contributed by atoms with van der Waals surface area (Å²) in [6.45, 7) is 10.2. The number of nitriles is 1. The fourth-order valence-electron chi connectivity index (χ4n) is 6.73. The monoisotopic (exact) mass is 626 g/mol. The van der Waals surface area contributed by atoms with Crippen LogP contribution in [0.15, 0.2) is 55.1 Å². The number of carbonyl (C=O) groups excluding carboxylic acids is 1. The molecule has 0 bridgehead atoms. The number of fused-ring (bicyclic) bond motifs is 1. The van der Waals surface area contributed by atoms with E-state index in [-0.39, 0.29) is 11.2 Å². The first-order valence-electron chi connectivity index (χ1n) is 15.6. The van der Waals surface area contributed by atoms with Crippen LogP contribution in [-0.4, -0.2) is 94.1 Å². The maximum atomic E-state index is 13.6. The summed E-state index contributed by atoms with van der Waals surface area (Å²) in [6, 6.07) is 12.2. The number of halogens is 1. The molecule has 0 aromatic carbocycles. The van der Waals surface area contributed by atoms with Gasteiger partial charge in [-0.1, -0.05) is 11.6 Å². The summed E-state index contributed by atoms with van der Waals surface area (Å²) in [7, 11) is 2.18. The van der Waals surface area contributed by atoms with Crippen LogP contribution in [0, 0.1) is 16.7 Å². The molecule has 10 nitrogen and oxygen atoms in total. The number of piperidine rings is 1. The molecule has 2 aliphatic rings. The Balaban J connectivity index is 1.22. The Bertz CT molecular complexity index is 1710. The van der Waals surface area contributed by atoms with Crippen LogP contribution in [0.1, 0.15) is 49.2 Å². The molecule has 1 atom stereocenters. The number of nitrogens with zero attached hydrogens (tertiary/aromatic N) is 8. The van der Waals surface area contributed by atoms with Crippen LogP contribution in [-0.2, 0) is 0 Å². The zero-order chi connectivity index (χ0) is 31.6. The lowest BCUT2D eigenvalue weighted by atomic mass is 9.73. The Kier molecular flexibility index (Phi) is 9.04. The minimum Gasteiger partial charge on any atom is -0.492 e. The molecule has 2 saturated heterocycles. The van der Waals surface area contributed by atoms with Crippen molar-refractivity contribution in [2.75, 3.05) is 57.8 Å². The first-order chi connectivity index (χ1) is 21.8. The molecule has 45 heavy (non-hydrogen) atoms. The van der Waals surface area contributed by atoms with Crippen molar-refractivity contribution in [2.24, 2.45) is 5.41 Å². The van der Waals surface area contributed by atoms with Gasteiger partial charge in [0.15, 0.2) is 5.78 Å². The number of carbonyl (C=O) groups is 1. The summed E-state index contributed by atoms with van der Waals surface area (Å²) in [6.07, 6.45) is 9.01. The van der Waals surface area contributed by atoms with Crippen molar-refractivity contribution in [1.29, 1.82) is 5.26 Å². The van der Waals surface area contributed by atoms with E-state index in [9.17, 15) is 10.1 Å². The van der Waals surface area contributed by atoms with Crippen LogP contribution in [0.4, 0.5) is 5.82 Å². The number of anilines is 1. The van der Waals surface area contributed by atoms with Gasteiger partial charge in [0, 0.05) is 75.3 Å². The standard InChI is InChI=1S/C34H39ClN8O2/c1-4-45-27-16-28(33-26(18-36)20-39-43(33)22-27)25-7-8-31(38-19-25)42-12-9-34(10-13-42,23-41-15-14-40(3)24(2)21-41)17-30(44)32-29(35)6-5-11-37-32/h5-8,11,16,19-20,22,24H,4,9-10,12-15,17,21,23H2,1-3H3/t24-/m0/s1. The van der Waals surface area contributed by atoms with Crippen molar-refractivity contribution >= 4 is 28.7 Å². The van der Waals surface area contributed by atoms with Gasteiger partial charge in [-0.3, -0.25) is 14.7 Å². The van der Waals surface area contributed by atoms with E-state index < -0.39 is 0 Å². The second kappa shape index (κ2) is 13.1. The topological polar surface area (TPSA) is 103 Å². The van der Waals surface area contributed by atoms with Crippen LogP contribution in [0.25, 0.3) is 16.6 Å². The second-order valence-corrected chi connectivity index (χ2v) is 12.8. The first kappa shape index (κ1) is 31.0. The van der Waals surface area contributed by atoms with Gasteiger partial charge < -0.3 is 14.5 Å². The van der Waals surface area contributed by atoms with Crippen molar-refractivity contribution in [1.82, 2.24) is 29.4 Å². The maximum Gasteiger partial charge on any atom is 0.183 e. The first-order valence-corrected chi connectivity index (χ1v) is 16.0. The smallest absolute Gasteiger partial charge is 0.183 e. The molecule has 2 fully saturated rings. The van der Waals surface area contributed by atoms with Gasteiger partial charge in [-0.05, 0) is 69.5 Å². The molecule has 6 rings (SSSR count). The maximum absolute atomic E-state index is 13.6. The average molecular weight is 627 g/mol. The molecular weight excluding hydrogens is 588 g/mol. The molecule has 0 radical (unpaired) electrons. The van der Waals surface area contributed by atoms with Gasteiger partial charge in [-0.25, -0.2) is 9.50 Å². The number of rotatable bonds is 9. The molecule has 4 aromatic rings. The van der Waals surface area contributed by atoms with Gasteiger partial charge in [-0.2, -0.15) is 10.4 Å².